The zero-order valence-electron chi connectivity index (χ0n) is 16.0. The van der Waals surface area contributed by atoms with Crippen LogP contribution in [0.3, 0.4) is 0 Å². The van der Waals surface area contributed by atoms with Crippen LogP contribution in [0.2, 0.25) is 0 Å². The highest BCUT2D eigenvalue weighted by molar-refractivity contribution is 5.66. The molecule has 2 aromatic rings. The van der Waals surface area contributed by atoms with Gasteiger partial charge < -0.3 is 4.74 Å². The third-order valence-electron chi connectivity index (χ3n) is 5.61. The average molecular weight is 416 g/mol. The van der Waals surface area contributed by atoms with Crippen molar-refractivity contribution in [2.45, 2.75) is 51.1 Å². The van der Waals surface area contributed by atoms with Gasteiger partial charge in [-0.3, -0.25) is 0 Å². The maximum atomic E-state index is 14.7. The third-order valence-corrected chi connectivity index (χ3v) is 5.61. The van der Waals surface area contributed by atoms with Crippen molar-refractivity contribution in [2.75, 3.05) is 6.61 Å². The SMILES string of the molecule is CCC1CCC(c2ccc(-c3ccc(OCC(F)(F)F)c(F)c3F)cc2F)CC1. The summed E-state index contributed by atoms with van der Waals surface area (Å²) in [6, 6.07) is 6.25. The third kappa shape index (κ3) is 5.06. The van der Waals surface area contributed by atoms with Crippen molar-refractivity contribution >= 4 is 0 Å². The number of ether oxygens (including phenoxy) is 1. The number of benzene rings is 2. The Bertz CT molecular complexity index is 853. The molecule has 0 N–H and O–H groups in total. The van der Waals surface area contributed by atoms with E-state index in [0.717, 1.165) is 50.3 Å². The van der Waals surface area contributed by atoms with Gasteiger partial charge in [0.25, 0.3) is 0 Å². The normalized spacial score (nSPS) is 20.0. The molecule has 1 saturated carbocycles. The Hall–Kier alpha value is -2.18. The molecule has 7 heteroatoms. The van der Waals surface area contributed by atoms with Crippen LogP contribution >= 0.6 is 0 Å². The molecule has 1 aliphatic carbocycles. The van der Waals surface area contributed by atoms with Gasteiger partial charge in [-0.05, 0) is 66.8 Å². The first-order valence-electron chi connectivity index (χ1n) is 9.67. The molecule has 158 valence electrons. The number of rotatable bonds is 5. The highest BCUT2D eigenvalue weighted by atomic mass is 19.4. The summed E-state index contributed by atoms with van der Waals surface area (Å²) in [6.07, 6.45) is 0.313. The van der Waals surface area contributed by atoms with Crippen LogP contribution in [0.1, 0.15) is 50.5 Å². The molecule has 0 radical (unpaired) electrons. The van der Waals surface area contributed by atoms with Gasteiger partial charge in [-0.1, -0.05) is 25.5 Å². The van der Waals surface area contributed by atoms with Crippen molar-refractivity contribution in [3.05, 3.63) is 53.3 Å². The summed E-state index contributed by atoms with van der Waals surface area (Å²) in [5.41, 5.74) is 0.448. The Morgan fingerprint density at radius 1 is 0.931 bits per heavy atom. The molecular weight excluding hydrogens is 394 g/mol. The number of hydrogen-bond donors (Lipinski definition) is 0. The summed E-state index contributed by atoms with van der Waals surface area (Å²) in [5.74, 6) is -3.46. The molecule has 0 aliphatic heterocycles. The first kappa shape index (κ1) is 21.5. The van der Waals surface area contributed by atoms with Gasteiger partial charge in [0.1, 0.15) is 5.82 Å². The van der Waals surface area contributed by atoms with Crippen molar-refractivity contribution in [3.8, 4) is 16.9 Å². The lowest BCUT2D eigenvalue weighted by Crippen LogP contribution is -2.19. The van der Waals surface area contributed by atoms with Crippen molar-refractivity contribution in [1.82, 2.24) is 0 Å². The van der Waals surface area contributed by atoms with E-state index in [0.29, 0.717) is 11.5 Å². The Balaban J connectivity index is 1.80. The van der Waals surface area contributed by atoms with Crippen molar-refractivity contribution < 1.29 is 31.1 Å². The Labute approximate surface area is 165 Å². The summed E-state index contributed by atoms with van der Waals surface area (Å²) in [6.45, 7) is 0.416. The predicted octanol–water partition coefficient (Wildman–Crippen LogP) is 7.40. The van der Waals surface area contributed by atoms with E-state index in [2.05, 4.69) is 11.7 Å². The zero-order valence-corrected chi connectivity index (χ0v) is 16.0. The van der Waals surface area contributed by atoms with Crippen molar-refractivity contribution in [3.63, 3.8) is 0 Å². The summed E-state index contributed by atoms with van der Waals surface area (Å²) < 4.78 is 84.1. The minimum atomic E-state index is -4.67. The lowest BCUT2D eigenvalue weighted by molar-refractivity contribution is -0.153. The number of alkyl halides is 3. The maximum absolute atomic E-state index is 14.7. The van der Waals surface area contributed by atoms with Crippen LogP contribution in [0, 0.1) is 23.4 Å². The van der Waals surface area contributed by atoms with Crippen LogP contribution in [0.4, 0.5) is 26.3 Å². The molecule has 0 spiro atoms. The van der Waals surface area contributed by atoms with E-state index in [4.69, 9.17) is 0 Å². The molecule has 0 unspecified atom stereocenters. The number of hydrogen-bond acceptors (Lipinski definition) is 1. The van der Waals surface area contributed by atoms with E-state index >= 15 is 0 Å². The first-order chi connectivity index (χ1) is 13.7. The average Bonchev–Trinajstić information content (AvgIpc) is 2.68. The fraction of sp³-hybridized carbons (Fsp3) is 0.455. The van der Waals surface area contributed by atoms with Gasteiger partial charge in [0.2, 0.25) is 5.82 Å². The van der Waals surface area contributed by atoms with E-state index in [1.54, 1.807) is 6.07 Å². The topological polar surface area (TPSA) is 9.23 Å². The minimum Gasteiger partial charge on any atom is -0.481 e. The summed E-state index contributed by atoms with van der Waals surface area (Å²) in [7, 11) is 0. The standard InChI is InChI=1S/C22H22F6O/c1-2-13-3-5-14(6-4-13)16-8-7-15(11-18(16)23)17-9-10-19(21(25)20(17)24)29-12-22(26,27)28/h7-11,13-14H,2-6,12H2,1H3. The van der Waals surface area contributed by atoms with Gasteiger partial charge in [-0.25, -0.2) is 8.78 Å². The predicted molar refractivity (Wildman–Crippen MR) is 98.3 cm³/mol. The highest BCUT2D eigenvalue weighted by Gasteiger charge is 2.30. The second-order valence-corrected chi connectivity index (χ2v) is 7.51. The Kier molecular flexibility index (Phi) is 6.44. The van der Waals surface area contributed by atoms with Crippen LogP contribution < -0.4 is 4.74 Å². The maximum Gasteiger partial charge on any atom is 0.422 e. The van der Waals surface area contributed by atoms with E-state index in [1.807, 2.05) is 0 Å². The van der Waals surface area contributed by atoms with Gasteiger partial charge in [-0.2, -0.15) is 17.6 Å². The van der Waals surface area contributed by atoms with Gasteiger partial charge in [0, 0.05) is 5.56 Å². The van der Waals surface area contributed by atoms with Crippen LogP contribution in [0.5, 0.6) is 5.75 Å². The Morgan fingerprint density at radius 3 is 2.21 bits per heavy atom. The van der Waals surface area contributed by atoms with Crippen molar-refractivity contribution in [2.24, 2.45) is 5.92 Å². The van der Waals surface area contributed by atoms with E-state index < -0.39 is 36.0 Å². The largest absolute Gasteiger partial charge is 0.481 e. The van der Waals surface area contributed by atoms with E-state index in [9.17, 15) is 26.3 Å². The van der Waals surface area contributed by atoms with Crippen molar-refractivity contribution in [1.29, 1.82) is 0 Å². The van der Waals surface area contributed by atoms with Gasteiger partial charge in [0.15, 0.2) is 18.2 Å². The highest BCUT2D eigenvalue weighted by Crippen LogP contribution is 2.39. The molecule has 2 aromatic carbocycles. The van der Waals surface area contributed by atoms with Crippen LogP contribution in [0.25, 0.3) is 11.1 Å². The molecule has 3 rings (SSSR count). The second kappa shape index (κ2) is 8.67. The second-order valence-electron chi connectivity index (χ2n) is 7.51. The number of halogens is 6. The van der Waals surface area contributed by atoms with E-state index in [-0.39, 0.29) is 17.0 Å². The first-order valence-corrected chi connectivity index (χ1v) is 9.67. The quantitative estimate of drug-likeness (QED) is 0.462. The van der Waals surface area contributed by atoms with Gasteiger partial charge >= 0.3 is 6.18 Å². The van der Waals surface area contributed by atoms with Gasteiger partial charge in [0.05, 0.1) is 0 Å². The molecular formula is C22H22F6O. The summed E-state index contributed by atoms with van der Waals surface area (Å²) in [4.78, 5) is 0. The lowest BCUT2D eigenvalue weighted by atomic mass is 9.77. The Morgan fingerprint density at radius 2 is 1.62 bits per heavy atom. The molecule has 0 atom stereocenters. The summed E-state index contributed by atoms with van der Waals surface area (Å²) in [5, 5.41) is 0. The van der Waals surface area contributed by atoms with Crippen LogP contribution in [-0.4, -0.2) is 12.8 Å². The molecule has 0 heterocycles. The molecule has 29 heavy (non-hydrogen) atoms. The fourth-order valence-electron chi connectivity index (χ4n) is 3.93. The molecule has 0 bridgehead atoms. The molecule has 0 aromatic heterocycles. The zero-order chi connectivity index (χ0) is 21.2. The molecule has 1 fully saturated rings. The molecule has 0 saturated heterocycles. The summed E-state index contributed by atoms with van der Waals surface area (Å²) >= 11 is 0. The molecule has 1 aliphatic rings. The monoisotopic (exact) mass is 416 g/mol. The molecule has 0 amide bonds. The minimum absolute atomic E-state index is 0.103. The lowest BCUT2D eigenvalue weighted by Gasteiger charge is -2.28. The van der Waals surface area contributed by atoms with Crippen LogP contribution in [0.15, 0.2) is 30.3 Å². The molecule has 1 nitrogen and oxygen atoms in total. The smallest absolute Gasteiger partial charge is 0.422 e. The van der Waals surface area contributed by atoms with Gasteiger partial charge in [-0.15, -0.1) is 0 Å². The fourth-order valence-corrected chi connectivity index (χ4v) is 3.93. The van der Waals surface area contributed by atoms with Crippen LogP contribution in [-0.2, 0) is 0 Å². The van der Waals surface area contributed by atoms with E-state index in [1.165, 1.54) is 6.07 Å².